The zero-order chi connectivity index (χ0) is 16.1. The summed E-state index contributed by atoms with van der Waals surface area (Å²) in [6, 6.07) is 0. The maximum Gasteiger partial charge on any atom is 0.312 e. The van der Waals surface area contributed by atoms with E-state index in [0.29, 0.717) is 39.0 Å². The van der Waals surface area contributed by atoms with Gasteiger partial charge in [-0.2, -0.15) is 0 Å². The topological polar surface area (TPSA) is 79.0 Å². The van der Waals surface area contributed by atoms with Crippen LogP contribution in [0.4, 0.5) is 0 Å². The summed E-state index contributed by atoms with van der Waals surface area (Å²) in [5, 5.41) is 2.64. The molecule has 0 saturated carbocycles. The molecule has 2 fully saturated rings. The van der Waals surface area contributed by atoms with Crippen LogP contribution in [0.1, 0.15) is 33.1 Å². The second-order valence-electron chi connectivity index (χ2n) is 6.06. The monoisotopic (exact) mass is 311 g/mol. The van der Waals surface area contributed by atoms with Gasteiger partial charge < -0.3 is 19.9 Å². The third-order valence-electron chi connectivity index (χ3n) is 3.96. The van der Waals surface area contributed by atoms with Crippen molar-refractivity contribution in [2.24, 2.45) is 0 Å². The molecule has 2 unspecified atom stereocenters. The molecule has 7 heteroatoms. The summed E-state index contributed by atoms with van der Waals surface area (Å²) >= 11 is 0. The van der Waals surface area contributed by atoms with Crippen LogP contribution in [0, 0.1) is 0 Å². The van der Waals surface area contributed by atoms with Crippen LogP contribution in [0.2, 0.25) is 0 Å². The number of amides is 3. The van der Waals surface area contributed by atoms with Crippen LogP contribution in [0.3, 0.4) is 0 Å². The average molecular weight is 311 g/mol. The third kappa shape index (κ3) is 4.43. The van der Waals surface area contributed by atoms with Crippen molar-refractivity contribution in [2.75, 3.05) is 32.7 Å². The lowest BCUT2D eigenvalue weighted by Crippen LogP contribution is -2.52. The average Bonchev–Trinajstić information content (AvgIpc) is 2.87. The maximum absolute atomic E-state index is 12.1. The van der Waals surface area contributed by atoms with Crippen LogP contribution in [0.25, 0.3) is 0 Å². The van der Waals surface area contributed by atoms with Gasteiger partial charge in [0.05, 0.1) is 12.2 Å². The summed E-state index contributed by atoms with van der Waals surface area (Å²) in [4.78, 5) is 38.8. The number of carbonyl (C=O) groups excluding carboxylic acids is 3. The number of likely N-dealkylation sites (tertiary alicyclic amines) is 1. The number of rotatable bonds is 4. The Morgan fingerprint density at radius 1 is 1.27 bits per heavy atom. The van der Waals surface area contributed by atoms with E-state index in [1.165, 1.54) is 4.90 Å². The molecular formula is C15H25N3O4. The molecule has 22 heavy (non-hydrogen) atoms. The molecular weight excluding hydrogens is 286 g/mol. The third-order valence-corrected chi connectivity index (χ3v) is 3.96. The van der Waals surface area contributed by atoms with Crippen molar-refractivity contribution in [1.82, 2.24) is 15.1 Å². The Balaban J connectivity index is 1.68. The minimum atomic E-state index is -0.575. The predicted molar refractivity (Wildman–Crippen MR) is 80.0 cm³/mol. The first-order valence-corrected chi connectivity index (χ1v) is 7.97. The van der Waals surface area contributed by atoms with Gasteiger partial charge in [-0.05, 0) is 26.7 Å². The highest BCUT2D eigenvalue weighted by atomic mass is 16.5. The summed E-state index contributed by atoms with van der Waals surface area (Å²) in [5.74, 6) is -0.896. The van der Waals surface area contributed by atoms with Crippen molar-refractivity contribution >= 4 is 17.7 Å². The first kappa shape index (κ1) is 16.7. The van der Waals surface area contributed by atoms with Crippen molar-refractivity contribution in [3.05, 3.63) is 0 Å². The summed E-state index contributed by atoms with van der Waals surface area (Å²) in [6.07, 6.45) is 2.10. The molecule has 3 amide bonds. The van der Waals surface area contributed by atoms with Gasteiger partial charge in [-0.1, -0.05) is 0 Å². The van der Waals surface area contributed by atoms with E-state index < -0.39 is 11.8 Å². The van der Waals surface area contributed by atoms with Crippen LogP contribution >= 0.6 is 0 Å². The van der Waals surface area contributed by atoms with E-state index >= 15 is 0 Å². The van der Waals surface area contributed by atoms with Gasteiger partial charge in [0.2, 0.25) is 5.91 Å². The van der Waals surface area contributed by atoms with Gasteiger partial charge in [-0.25, -0.2) is 0 Å². The molecule has 2 rings (SSSR count). The number of nitrogens with zero attached hydrogens (tertiary/aromatic N) is 2. The van der Waals surface area contributed by atoms with E-state index in [1.807, 2.05) is 13.8 Å². The Bertz CT molecular complexity index is 431. The molecule has 2 aliphatic rings. The molecule has 0 spiro atoms. The molecule has 124 valence electrons. The van der Waals surface area contributed by atoms with Gasteiger partial charge in [-0.15, -0.1) is 0 Å². The molecule has 2 aliphatic heterocycles. The summed E-state index contributed by atoms with van der Waals surface area (Å²) < 4.78 is 5.55. The molecule has 0 radical (unpaired) electrons. The molecule has 2 saturated heterocycles. The van der Waals surface area contributed by atoms with Gasteiger partial charge in [0.1, 0.15) is 0 Å². The fraction of sp³-hybridized carbons (Fsp3) is 0.800. The van der Waals surface area contributed by atoms with Gasteiger partial charge >= 0.3 is 11.8 Å². The smallest absolute Gasteiger partial charge is 0.312 e. The van der Waals surface area contributed by atoms with E-state index in [2.05, 4.69) is 5.32 Å². The van der Waals surface area contributed by atoms with Crippen molar-refractivity contribution < 1.29 is 19.1 Å². The fourth-order valence-electron chi connectivity index (χ4n) is 2.98. The lowest BCUT2D eigenvalue weighted by Gasteiger charge is -2.34. The summed E-state index contributed by atoms with van der Waals surface area (Å²) in [6.45, 7) is 6.51. The van der Waals surface area contributed by atoms with Crippen LogP contribution in [0.15, 0.2) is 0 Å². The Morgan fingerprint density at radius 2 is 1.95 bits per heavy atom. The lowest BCUT2D eigenvalue weighted by molar-refractivity contribution is -0.153. The Labute approximate surface area is 131 Å². The van der Waals surface area contributed by atoms with E-state index in [1.54, 1.807) is 4.90 Å². The fourth-order valence-corrected chi connectivity index (χ4v) is 2.98. The van der Waals surface area contributed by atoms with Gasteiger partial charge in [0.15, 0.2) is 0 Å². The van der Waals surface area contributed by atoms with Gasteiger partial charge in [0.25, 0.3) is 0 Å². The normalized spacial score (nSPS) is 25.5. The molecule has 0 aromatic heterocycles. The van der Waals surface area contributed by atoms with Crippen LogP contribution in [-0.4, -0.2) is 72.5 Å². The minimum absolute atomic E-state index is 0.0540. The van der Waals surface area contributed by atoms with E-state index in [-0.39, 0.29) is 18.1 Å². The number of ether oxygens (including phenoxy) is 1. The van der Waals surface area contributed by atoms with Crippen LogP contribution < -0.4 is 5.32 Å². The Morgan fingerprint density at radius 3 is 2.55 bits per heavy atom. The standard InChI is InChI=1S/C15H25N3O4/c1-11-9-18(10-12(2)22-11)15(21)14(20)16-6-4-8-17-7-3-5-13(17)19/h11-12H,3-10H2,1-2H3,(H,16,20). The van der Waals surface area contributed by atoms with Gasteiger partial charge in [-0.3, -0.25) is 14.4 Å². The van der Waals surface area contributed by atoms with E-state index in [0.717, 1.165) is 13.0 Å². The Kier molecular flexibility index (Phi) is 5.76. The molecule has 7 nitrogen and oxygen atoms in total. The number of nitrogens with one attached hydrogen (secondary N) is 1. The van der Waals surface area contributed by atoms with Crippen LogP contribution in [-0.2, 0) is 19.1 Å². The summed E-state index contributed by atoms with van der Waals surface area (Å²) in [7, 11) is 0. The first-order chi connectivity index (χ1) is 10.5. The number of hydrogen-bond donors (Lipinski definition) is 1. The number of morpholine rings is 1. The maximum atomic E-state index is 12.1. The molecule has 0 bridgehead atoms. The molecule has 2 heterocycles. The predicted octanol–water partition coefficient (Wildman–Crippen LogP) is -0.249. The van der Waals surface area contributed by atoms with Gasteiger partial charge in [0, 0.05) is 39.1 Å². The molecule has 0 aliphatic carbocycles. The largest absolute Gasteiger partial charge is 0.372 e. The minimum Gasteiger partial charge on any atom is -0.372 e. The van der Waals surface area contributed by atoms with E-state index in [9.17, 15) is 14.4 Å². The number of hydrogen-bond acceptors (Lipinski definition) is 4. The van der Waals surface area contributed by atoms with E-state index in [4.69, 9.17) is 4.74 Å². The van der Waals surface area contributed by atoms with Crippen molar-refractivity contribution in [1.29, 1.82) is 0 Å². The Hall–Kier alpha value is -1.63. The second-order valence-corrected chi connectivity index (χ2v) is 6.06. The molecule has 0 aromatic carbocycles. The number of carbonyl (C=O) groups is 3. The van der Waals surface area contributed by atoms with Crippen molar-refractivity contribution in [3.63, 3.8) is 0 Å². The molecule has 2 atom stereocenters. The SMILES string of the molecule is CC1CN(C(=O)C(=O)NCCCN2CCCC2=O)CC(C)O1. The quantitative estimate of drug-likeness (QED) is 0.574. The highest BCUT2D eigenvalue weighted by Crippen LogP contribution is 2.11. The lowest BCUT2D eigenvalue weighted by atomic mass is 10.2. The molecule has 0 aromatic rings. The zero-order valence-electron chi connectivity index (χ0n) is 13.3. The van der Waals surface area contributed by atoms with Crippen molar-refractivity contribution in [3.8, 4) is 0 Å². The highest BCUT2D eigenvalue weighted by molar-refractivity contribution is 6.35. The second kappa shape index (κ2) is 7.58. The molecule has 1 N–H and O–H groups in total. The van der Waals surface area contributed by atoms with Crippen LogP contribution in [0.5, 0.6) is 0 Å². The highest BCUT2D eigenvalue weighted by Gasteiger charge is 2.29. The van der Waals surface area contributed by atoms with Crippen molar-refractivity contribution in [2.45, 2.75) is 45.3 Å². The zero-order valence-corrected chi connectivity index (χ0v) is 13.3. The first-order valence-electron chi connectivity index (χ1n) is 7.97. The summed E-state index contributed by atoms with van der Waals surface area (Å²) in [5.41, 5.74) is 0.